The molecule has 0 bridgehead atoms. The van der Waals surface area contributed by atoms with Crippen LogP contribution in [-0.4, -0.2) is 35.5 Å². The van der Waals surface area contributed by atoms with Gasteiger partial charge in [-0.2, -0.15) is 0 Å². The number of anilines is 1. The van der Waals surface area contributed by atoms with Gasteiger partial charge >= 0.3 is 5.97 Å². The maximum absolute atomic E-state index is 11.3. The van der Waals surface area contributed by atoms with Gasteiger partial charge in [0.1, 0.15) is 12.7 Å². The number of rotatable bonds is 4. The topological polar surface area (TPSA) is 92.8 Å². The number of ether oxygens (including phenoxy) is 1. The number of benzene rings is 1. The van der Waals surface area contributed by atoms with Crippen LogP contribution in [0.4, 0.5) is 5.69 Å². The predicted octanol–water partition coefficient (Wildman–Crippen LogP) is -0.221. The van der Waals surface area contributed by atoms with Gasteiger partial charge in [0.25, 0.3) is 0 Å². The van der Waals surface area contributed by atoms with Gasteiger partial charge < -0.3 is 20.7 Å². The number of carbonyl (C=O) groups is 1. The van der Waals surface area contributed by atoms with Gasteiger partial charge in [0, 0.05) is 5.69 Å². The van der Waals surface area contributed by atoms with Gasteiger partial charge in [-0.15, -0.1) is 0 Å². The summed E-state index contributed by atoms with van der Waals surface area (Å²) in [7, 11) is 0. The van der Waals surface area contributed by atoms with Gasteiger partial charge in [-0.25, -0.2) is 4.79 Å². The van der Waals surface area contributed by atoms with Crippen LogP contribution in [-0.2, 0) is 4.74 Å². The van der Waals surface area contributed by atoms with Crippen LogP contribution in [0.15, 0.2) is 24.3 Å². The molecule has 5 nitrogen and oxygen atoms in total. The monoisotopic (exact) mass is 211 g/mol. The Morgan fingerprint density at radius 2 is 2.27 bits per heavy atom. The highest BCUT2D eigenvalue weighted by molar-refractivity contribution is 5.90. The largest absolute Gasteiger partial charge is 0.459 e. The molecule has 1 rings (SSSR count). The SMILES string of the molecule is Nc1cccc(C(=O)OC[C@@H](O)CO)c1. The van der Waals surface area contributed by atoms with E-state index >= 15 is 0 Å². The van der Waals surface area contributed by atoms with Crippen molar-refractivity contribution in [1.29, 1.82) is 0 Å². The van der Waals surface area contributed by atoms with Crippen LogP contribution in [0.1, 0.15) is 10.4 Å². The molecule has 0 radical (unpaired) electrons. The molecule has 5 heteroatoms. The van der Waals surface area contributed by atoms with Crippen molar-refractivity contribution in [1.82, 2.24) is 0 Å². The lowest BCUT2D eigenvalue weighted by atomic mass is 10.2. The van der Waals surface area contributed by atoms with Crippen molar-refractivity contribution < 1.29 is 19.7 Å². The van der Waals surface area contributed by atoms with Crippen molar-refractivity contribution in [2.24, 2.45) is 0 Å². The molecule has 0 saturated heterocycles. The first-order valence-electron chi connectivity index (χ1n) is 4.45. The highest BCUT2D eigenvalue weighted by Gasteiger charge is 2.10. The first-order chi connectivity index (χ1) is 7.13. The molecule has 0 saturated carbocycles. The molecule has 82 valence electrons. The van der Waals surface area contributed by atoms with Gasteiger partial charge in [0.15, 0.2) is 0 Å². The molecule has 0 aliphatic rings. The smallest absolute Gasteiger partial charge is 0.338 e. The molecule has 1 atom stereocenters. The van der Waals surface area contributed by atoms with Gasteiger partial charge in [-0.05, 0) is 18.2 Å². The summed E-state index contributed by atoms with van der Waals surface area (Å²) in [6.07, 6.45) is -1.05. The minimum atomic E-state index is -1.05. The molecule has 0 unspecified atom stereocenters. The number of carbonyl (C=O) groups excluding carboxylic acids is 1. The summed E-state index contributed by atoms with van der Waals surface area (Å²) in [5, 5.41) is 17.5. The van der Waals surface area contributed by atoms with E-state index < -0.39 is 18.7 Å². The highest BCUT2D eigenvalue weighted by atomic mass is 16.5. The van der Waals surface area contributed by atoms with Gasteiger partial charge in [0.05, 0.1) is 12.2 Å². The van der Waals surface area contributed by atoms with Crippen molar-refractivity contribution in [2.45, 2.75) is 6.10 Å². The van der Waals surface area contributed by atoms with E-state index in [0.717, 1.165) is 0 Å². The normalized spacial score (nSPS) is 12.1. The lowest BCUT2D eigenvalue weighted by Crippen LogP contribution is -2.21. The van der Waals surface area contributed by atoms with Crippen LogP contribution in [0.2, 0.25) is 0 Å². The first kappa shape index (κ1) is 11.5. The average Bonchev–Trinajstić information content (AvgIpc) is 2.25. The van der Waals surface area contributed by atoms with E-state index in [9.17, 15) is 4.79 Å². The summed E-state index contributed by atoms with van der Waals surface area (Å²) in [5.41, 5.74) is 6.27. The number of aliphatic hydroxyl groups excluding tert-OH is 2. The molecule has 0 heterocycles. The van der Waals surface area contributed by atoms with Gasteiger partial charge in [-0.3, -0.25) is 0 Å². The van der Waals surface area contributed by atoms with Crippen LogP contribution in [0.3, 0.4) is 0 Å². The third-order valence-corrected chi connectivity index (χ3v) is 1.74. The Kier molecular flexibility index (Phi) is 4.08. The zero-order chi connectivity index (χ0) is 11.3. The maximum Gasteiger partial charge on any atom is 0.338 e. The van der Waals surface area contributed by atoms with Crippen molar-refractivity contribution in [3.8, 4) is 0 Å². The lowest BCUT2D eigenvalue weighted by Gasteiger charge is -2.08. The number of esters is 1. The van der Waals surface area contributed by atoms with Crippen LogP contribution < -0.4 is 5.73 Å². The standard InChI is InChI=1S/C10H13NO4/c11-8-3-1-2-7(4-8)10(14)15-6-9(13)5-12/h1-4,9,12-13H,5-6,11H2/t9-/m0/s1. The summed E-state index contributed by atoms with van der Waals surface area (Å²) in [6.45, 7) is -0.672. The van der Waals surface area contributed by atoms with E-state index in [1.54, 1.807) is 18.2 Å². The molecule has 4 N–H and O–H groups in total. The second-order valence-corrected chi connectivity index (χ2v) is 3.06. The van der Waals surface area contributed by atoms with E-state index in [1.165, 1.54) is 6.07 Å². The summed E-state index contributed by atoms with van der Waals surface area (Å²) >= 11 is 0. The molecular weight excluding hydrogens is 198 g/mol. The Hall–Kier alpha value is -1.59. The van der Waals surface area contributed by atoms with Crippen LogP contribution in [0.25, 0.3) is 0 Å². The second-order valence-electron chi connectivity index (χ2n) is 3.06. The maximum atomic E-state index is 11.3. The van der Waals surface area contributed by atoms with E-state index in [4.69, 9.17) is 20.7 Å². The fraction of sp³-hybridized carbons (Fsp3) is 0.300. The number of hydrogen-bond acceptors (Lipinski definition) is 5. The first-order valence-corrected chi connectivity index (χ1v) is 4.45. The zero-order valence-electron chi connectivity index (χ0n) is 8.09. The quantitative estimate of drug-likeness (QED) is 0.473. The Morgan fingerprint density at radius 1 is 1.53 bits per heavy atom. The Labute approximate surface area is 87.1 Å². The molecule has 1 aromatic carbocycles. The fourth-order valence-corrected chi connectivity index (χ4v) is 0.974. The van der Waals surface area contributed by atoms with Crippen LogP contribution in [0.5, 0.6) is 0 Å². The molecule has 0 spiro atoms. The second kappa shape index (κ2) is 5.33. The molecule has 0 aliphatic heterocycles. The lowest BCUT2D eigenvalue weighted by molar-refractivity contribution is 0.00933. The number of hydrogen-bond donors (Lipinski definition) is 3. The van der Waals surface area contributed by atoms with E-state index in [0.29, 0.717) is 11.3 Å². The number of nitrogens with two attached hydrogens (primary N) is 1. The summed E-state index contributed by atoms with van der Waals surface area (Å²) in [5.74, 6) is -0.574. The number of aliphatic hydroxyl groups is 2. The molecule has 0 fully saturated rings. The minimum Gasteiger partial charge on any atom is -0.459 e. The van der Waals surface area contributed by atoms with Crippen molar-refractivity contribution in [2.75, 3.05) is 18.9 Å². The van der Waals surface area contributed by atoms with E-state index in [2.05, 4.69) is 0 Å². The fourth-order valence-electron chi connectivity index (χ4n) is 0.974. The van der Waals surface area contributed by atoms with Gasteiger partial charge in [-0.1, -0.05) is 6.07 Å². The third-order valence-electron chi connectivity index (χ3n) is 1.74. The molecule has 1 aromatic rings. The Balaban J connectivity index is 2.54. The molecule has 0 aromatic heterocycles. The molecule has 0 amide bonds. The molecular formula is C10H13NO4. The van der Waals surface area contributed by atoms with Crippen LogP contribution in [0, 0.1) is 0 Å². The van der Waals surface area contributed by atoms with Crippen LogP contribution >= 0.6 is 0 Å². The third kappa shape index (κ3) is 3.57. The summed E-state index contributed by atoms with van der Waals surface area (Å²) < 4.78 is 4.73. The van der Waals surface area contributed by atoms with Crippen molar-refractivity contribution in [3.63, 3.8) is 0 Å². The average molecular weight is 211 g/mol. The highest BCUT2D eigenvalue weighted by Crippen LogP contribution is 2.07. The Morgan fingerprint density at radius 3 is 2.87 bits per heavy atom. The van der Waals surface area contributed by atoms with E-state index in [-0.39, 0.29) is 6.61 Å². The molecule has 15 heavy (non-hydrogen) atoms. The minimum absolute atomic E-state index is 0.232. The summed E-state index contributed by atoms with van der Waals surface area (Å²) in [6, 6.07) is 6.32. The predicted molar refractivity (Wildman–Crippen MR) is 54.2 cm³/mol. The van der Waals surface area contributed by atoms with Gasteiger partial charge in [0.2, 0.25) is 0 Å². The molecule has 0 aliphatic carbocycles. The van der Waals surface area contributed by atoms with Crippen molar-refractivity contribution >= 4 is 11.7 Å². The van der Waals surface area contributed by atoms with E-state index in [1.807, 2.05) is 0 Å². The number of nitrogen functional groups attached to an aromatic ring is 1. The van der Waals surface area contributed by atoms with Crippen molar-refractivity contribution in [3.05, 3.63) is 29.8 Å². The zero-order valence-corrected chi connectivity index (χ0v) is 8.09. The Bertz CT molecular complexity index is 340. The summed E-state index contributed by atoms with van der Waals surface area (Å²) in [4.78, 5) is 11.3.